The SMILES string of the molecule is Cc1cn2cc(-c3cc4ccc(N(C)C5CCCC5)cc4oc3=O)nc2c(C)n1.Cc1cn2cc(-c3cc4ccc(N(C)[C@H]5CCNC5)cc4oc3=O)nc2c(C)n1.Cc1cn2cc(-c3cc4ccc(NC5CCCC5)cc4oc3=O)nc2c(C)n1. The number of benzene rings is 3. The number of nitrogens with one attached hydrogen (secondary N) is 2. The number of imidazole rings is 3. The molecule has 0 bridgehead atoms. The van der Waals surface area contributed by atoms with Crippen molar-refractivity contribution in [3.05, 3.63) is 175 Å². The predicted octanol–water partition coefficient (Wildman–Crippen LogP) is 11.9. The van der Waals surface area contributed by atoms with Crippen molar-refractivity contribution in [3.63, 3.8) is 0 Å². The summed E-state index contributed by atoms with van der Waals surface area (Å²) in [6, 6.07) is 25.2. The molecule has 2 saturated carbocycles. The molecule has 2 N–H and O–H groups in total. The van der Waals surface area contributed by atoms with E-state index in [0.717, 1.165) is 104 Å². The van der Waals surface area contributed by atoms with Gasteiger partial charge >= 0.3 is 16.9 Å². The zero-order valence-corrected chi connectivity index (χ0v) is 49.8. The summed E-state index contributed by atoms with van der Waals surface area (Å²) in [7, 11) is 4.21. The molecule has 3 aliphatic rings. The molecular weight excluding hydrogens is 1080 g/mol. The molecule has 0 spiro atoms. The maximum Gasteiger partial charge on any atom is 0.345 e. The van der Waals surface area contributed by atoms with Crippen molar-refractivity contribution in [2.75, 3.05) is 42.3 Å². The predicted molar refractivity (Wildman–Crippen MR) is 338 cm³/mol. The summed E-state index contributed by atoms with van der Waals surface area (Å²) < 4.78 is 22.8. The highest BCUT2D eigenvalue weighted by Gasteiger charge is 2.24. The van der Waals surface area contributed by atoms with E-state index in [0.29, 0.717) is 68.6 Å². The molecule has 12 aromatic rings. The molecule has 19 heteroatoms. The zero-order chi connectivity index (χ0) is 59.5. The molecule has 1 atom stereocenters. The van der Waals surface area contributed by atoms with Crippen LogP contribution in [0.15, 0.2) is 138 Å². The summed E-state index contributed by atoms with van der Waals surface area (Å²) in [5, 5.41) is 9.59. The molecule has 9 aromatic heterocycles. The number of aryl methyl sites for hydroxylation is 6. The van der Waals surface area contributed by atoms with Gasteiger partial charge in [-0.1, -0.05) is 25.7 Å². The summed E-state index contributed by atoms with van der Waals surface area (Å²) >= 11 is 0. The zero-order valence-electron chi connectivity index (χ0n) is 49.8. The fraction of sp³-hybridized carbons (Fsp3) is 0.328. The molecule has 86 heavy (non-hydrogen) atoms. The van der Waals surface area contributed by atoms with Gasteiger partial charge in [0.15, 0.2) is 16.9 Å². The van der Waals surface area contributed by atoms with Crippen molar-refractivity contribution in [1.29, 1.82) is 0 Å². The maximum absolute atomic E-state index is 12.8. The van der Waals surface area contributed by atoms with Gasteiger partial charge in [0.2, 0.25) is 0 Å². The summed E-state index contributed by atoms with van der Waals surface area (Å²) in [4.78, 5) is 69.9. The monoisotopic (exact) mass is 1150 g/mol. The number of nitrogens with zero attached hydrogens (tertiary/aromatic N) is 11. The average molecular weight is 1150 g/mol. The minimum atomic E-state index is -0.384. The van der Waals surface area contributed by atoms with Crippen molar-refractivity contribution in [3.8, 4) is 33.8 Å². The lowest BCUT2D eigenvalue weighted by Crippen LogP contribution is -2.33. The van der Waals surface area contributed by atoms with Gasteiger partial charge in [0.05, 0.1) is 67.9 Å². The van der Waals surface area contributed by atoms with Gasteiger partial charge < -0.3 is 46.9 Å². The average Bonchev–Trinajstić information content (AvgIpc) is 2.70. The van der Waals surface area contributed by atoms with Crippen molar-refractivity contribution in [2.45, 2.75) is 117 Å². The van der Waals surface area contributed by atoms with Gasteiger partial charge in [-0.2, -0.15) is 0 Å². The lowest BCUT2D eigenvalue weighted by atomic mass is 10.1. The second-order valence-corrected chi connectivity index (χ2v) is 23.4. The van der Waals surface area contributed by atoms with Crippen LogP contribution in [-0.2, 0) is 0 Å². The first-order valence-corrected chi connectivity index (χ1v) is 29.7. The molecule has 1 saturated heterocycles. The summed E-state index contributed by atoms with van der Waals surface area (Å²) in [6.45, 7) is 13.6. The number of aromatic nitrogens is 9. The molecule has 0 amide bonds. The van der Waals surface area contributed by atoms with E-state index in [2.05, 4.69) is 76.6 Å². The van der Waals surface area contributed by atoms with E-state index >= 15 is 0 Å². The highest BCUT2D eigenvalue weighted by Crippen LogP contribution is 2.32. The van der Waals surface area contributed by atoms with Crippen LogP contribution in [0.25, 0.3) is 83.6 Å². The number of hydrogen-bond acceptors (Lipinski definition) is 16. The molecule has 2 aliphatic carbocycles. The second-order valence-electron chi connectivity index (χ2n) is 23.4. The highest BCUT2D eigenvalue weighted by molar-refractivity contribution is 5.87. The fourth-order valence-electron chi connectivity index (χ4n) is 12.7. The Bertz CT molecular complexity index is 4560. The number of anilines is 3. The third kappa shape index (κ3) is 11.1. The quantitative estimate of drug-likeness (QED) is 0.129. The van der Waals surface area contributed by atoms with Gasteiger partial charge in [0.1, 0.15) is 16.7 Å². The first-order valence-electron chi connectivity index (χ1n) is 29.7. The Kier molecular flexibility index (Phi) is 14.8. The van der Waals surface area contributed by atoms with Gasteiger partial charge in [-0.05, 0) is 135 Å². The van der Waals surface area contributed by atoms with Crippen molar-refractivity contribution in [1.82, 2.24) is 48.4 Å². The van der Waals surface area contributed by atoms with E-state index in [9.17, 15) is 14.4 Å². The topological polar surface area (TPSA) is 212 Å². The van der Waals surface area contributed by atoms with Gasteiger partial charge in [-0.3, -0.25) is 15.0 Å². The summed E-state index contributed by atoms with van der Waals surface area (Å²) in [6.07, 6.45) is 22.4. The molecule has 19 nitrogen and oxygen atoms in total. The normalized spacial score (nSPS) is 15.5. The van der Waals surface area contributed by atoms with E-state index in [-0.39, 0.29) is 16.9 Å². The van der Waals surface area contributed by atoms with E-state index < -0.39 is 0 Å². The Morgan fingerprint density at radius 1 is 0.465 bits per heavy atom. The summed E-state index contributed by atoms with van der Waals surface area (Å²) in [5.41, 5.74) is 14.4. The van der Waals surface area contributed by atoms with E-state index in [1.807, 2.05) is 153 Å². The van der Waals surface area contributed by atoms with Crippen LogP contribution in [0.2, 0.25) is 0 Å². The maximum atomic E-state index is 12.8. The van der Waals surface area contributed by atoms with Crippen LogP contribution in [0.5, 0.6) is 0 Å². The second kappa shape index (κ2) is 22.8. The van der Waals surface area contributed by atoms with Gasteiger partial charge in [-0.15, -0.1) is 0 Å². The van der Waals surface area contributed by atoms with Crippen molar-refractivity contribution < 1.29 is 13.3 Å². The first-order chi connectivity index (χ1) is 41.5. The van der Waals surface area contributed by atoms with Crippen LogP contribution >= 0.6 is 0 Å². The Morgan fingerprint density at radius 2 is 0.860 bits per heavy atom. The molecule has 3 fully saturated rings. The largest absolute Gasteiger partial charge is 0.422 e. The molecule has 15 rings (SSSR count). The number of fused-ring (bicyclic) bond motifs is 6. The van der Waals surface area contributed by atoms with Crippen molar-refractivity contribution in [2.24, 2.45) is 0 Å². The third-order valence-corrected chi connectivity index (χ3v) is 17.2. The van der Waals surface area contributed by atoms with E-state index in [4.69, 9.17) is 13.3 Å². The fourth-order valence-corrected chi connectivity index (χ4v) is 12.7. The Balaban J connectivity index is 0.000000120. The third-order valence-electron chi connectivity index (χ3n) is 17.2. The van der Waals surface area contributed by atoms with Crippen LogP contribution in [0.3, 0.4) is 0 Å². The summed E-state index contributed by atoms with van der Waals surface area (Å²) in [5.74, 6) is 0. The number of hydrogen-bond donors (Lipinski definition) is 2. The molecule has 3 aromatic carbocycles. The van der Waals surface area contributed by atoms with Gasteiger partial charge in [-0.25, -0.2) is 29.3 Å². The van der Waals surface area contributed by atoms with E-state index in [1.165, 1.54) is 51.4 Å². The molecule has 0 radical (unpaired) electrons. The Hall–Kier alpha value is -9.49. The van der Waals surface area contributed by atoms with Crippen LogP contribution in [0, 0.1) is 41.5 Å². The molecule has 10 heterocycles. The van der Waals surface area contributed by atoms with Crippen LogP contribution in [0.1, 0.15) is 92.0 Å². The van der Waals surface area contributed by atoms with Crippen LogP contribution in [-0.4, -0.2) is 88.4 Å². The van der Waals surface area contributed by atoms with Gasteiger partial charge in [0, 0.05) is 127 Å². The van der Waals surface area contributed by atoms with Gasteiger partial charge in [0.25, 0.3) is 0 Å². The Labute approximate surface area is 495 Å². The highest BCUT2D eigenvalue weighted by atomic mass is 16.4. The first kappa shape index (κ1) is 55.7. The molecule has 438 valence electrons. The standard InChI is InChI=1S/C23H24N4O2.C22H23N5O2.C22H22N4O2/c1-14-12-27-13-20(25-22(27)15(2)24-14)19-10-16-8-9-18(11-21(16)29-23(19)28)26(3)17-6-4-5-7-17;1-13-11-27-12-19(25-21(27)14(2)24-13)18-8-15-4-5-16(9-20(15)29-22(18)28)26(3)17-6-7-23-10-17;1-13-11-26-12-19(25-21(26)14(2)23-13)18-9-15-7-8-17(10-20(15)28-22(18)27)24-16-5-3-4-6-16/h8-13,17H,4-7H2,1-3H3;4-5,8-9,11-12,17,23H,6-7,10H2,1-3H3;7-12,16,24H,3-6H2,1-2H3/t;17-;/m.0./s1. The lowest BCUT2D eigenvalue weighted by Gasteiger charge is -2.26. The Morgan fingerprint density at radius 3 is 1.28 bits per heavy atom. The molecular formula is C67H69N13O6. The lowest BCUT2D eigenvalue weighted by molar-refractivity contribution is 0.562. The number of likely N-dealkylation sites (N-methyl/N-ethyl adjacent to an activating group) is 1. The van der Waals surface area contributed by atoms with Crippen molar-refractivity contribution >= 4 is 66.9 Å². The number of rotatable bonds is 9. The smallest absolute Gasteiger partial charge is 0.345 e. The van der Waals surface area contributed by atoms with Crippen LogP contribution < -0.4 is 37.3 Å². The molecule has 1 aliphatic heterocycles. The minimum Gasteiger partial charge on any atom is -0.422 e. The molecule has 0 unspecified atom stereocenters. The van der Waals surface area contributed by atoms with Crippen LogP contribution in [0.4, 0.5) is 17.1 Å². The minimum absolute atomic E-state index is 0.371. The van der Waals surface area contributed by atoms with E-state index in [1.54, 1.807) is 0 Å².